The fourth-order valence-corrected chi connectivity index (χ4v) is 3.33. The molecule has 1 aliphatic rings. The van der Waals surface area contributed by atoms with Crippen LogP contribution in [0.25, 0.3) is 0 Å². The summed E-state index contributed by atoms with van der Waals surface area (Å²) in [7, 11) is 1.84. The minimum absolute atomic E-state index is 0.0166. The van der Waals surface area contributed by atoms with E-state index in [0.717, 1.165) is 12.0 Å². The van der Waals surface area contributed by atoms with E-state index in [4.69, 9.17) is 0 Å². The third-order valence-corrected chi connectivity index (χ3v) is 4.82. The van der Waals surface area contributed by atoms with Crippen molar-refractivity contribution < 1.29 is 4.79 Å². The molecule has 0 fully saturated rings. The Bertz CT molecular complexity index is 696. The van der Waals surface area contributed by atoms with Crippen LogP contribution in [0.2, 0.25) is 0 Å². The minimum Gasteiger partial charge on any atom is -0.331 e. The molecule has 0 heterocycles. The van der Waals surface area contributed by atoms with E-state index >= 15 is 0 Å². The van der Waals surface area contributed by atoms with E-state index in [1.54, 1.807) is 4.90 Å². The summed E-state index contributed by atoms with van der Waals surface area (Å²) in [4.78, 5) is 14.2. The van der Waals surface area contributed by atoms with Crippen molar-refractivity contribution >= 4 is 6.03 Å². The lowest BCUT2D eigenvalue weighted by Crippen LogP contribution is -2.38. The lowest BCUT2D eigenvalue weighted by atomic mass is 9.89. The summed E-state index contributed by atoms with van der Waals surface area (Å²) in [5.74, 6) is 0. The highest BCUT2D eigenvalue weighted by Crippen LogP contribution is 2.24. The lowest BCUT2D eigenvalue weighted by Gasteiger charge is -2.23. The Kier molecular flexibility index (Phi) is 5.19. The Morgan fingerprint density at radius 2 is 1.79 bits per heavy atom. The van der Waals surface area contributed by atoms with E-state index in [-0.39, 0.29) is 12.1 Å². The van der Waals surface area contributed by atoms with Crippen LogP contribution in [0.4, 0.5) is 4.79 Å². The summed E-state index contributed by atoms with van der Waals surface area (Å²) in [6.45, 7) is 2.67. The van der Waals surface area contributed by atoms with E-state index < -0.39 is 0 Å². The summed E-state index contributed by atoms with van der Waals surface area (Å²) in [5, 5.41) is 3.11. The van der Waals surface area contributed by atoms with Crippen LogP contribution >= 0.6 is 0 Å². The van der Waals surface area contributed by atoms with Crippen LogP contribution in [0.5, 0.6) is 0 Å². The average molecular weight is 322 g/mol. The van der Waals surface area contributed by atoms with Gasteiger partial charge in [-0.15, -0.1) is 0 Å². The van der Waals surface area contributed by atoms with E-state index in [1.165, 1.54) is 36.0 Å². The number of carbonyl (C=O) groups is 1. The smallest absolute Gasteiger partial charge is 0.317 e. The zero-order valence-corrected chi connectivity index (χ0v) is 14.6. The molecule has 2 aromatic carbocycles. The highest BCUT2D eigenvalue weighted by Gasteiger charge is 2.16. The minimum atomic E-state index is -0.0379. The van der Waals surface area contributed by atoms with Gasteiger partial charge in [0.05, 0.1) is 6.04 Å². The first-order valence-electron chi connectivity index (χ1n) is 8.81. The first-order valence-corrected chi connectivity index (χ1v) is 8.81. The Hall–Kier alpha value is -2.29. The predicted octanol–water partition coefficient (Wildman–Crippen LogP) is 4.47. The second kappa shape index (κ2) is 7.52. The molecular formula is C21H26N2O. The maximum Gasteiger partial charge on any atom is 0.317 e. The molecule has 0 aliphatic heterocycles. The highest BCUT2D eigenvalue weighted by molar-refractivity contribution is 5.74. The maximum atomic E-state index is 12.4. The molecule has 0 unspecified atom stereocenters. The second-order valence-corrected chi connectivity index (χ2v) is 6.75. The van der Waals surface area contributed by atoms with Gasteiger partial charge in [0.25, 0.3) is 0 Å². The Morgan fingerprint density at radius 1 is 1.08 bits per heavy atom. The normalized spacial score (nSPS) is 14.6. The van der Waals surface area contributed by atoms with Crippen LogP contribution in [0.3, 0.4) is 0 Å². The topological polar surface area (TPSA) is 32.3 Å². The third kappa shape index (κ3) is 3.97. The van der Waals surface area contributed by atoms with Gasteiger partial charge in [-0.3, -0.25) is 0 Å². The molecule has 1 aliphatic carbocycles. The van der Waals surface area contributed by atoms with E-state index in [0.29, 0.717) is 6.54 Å². The number of rotatable bonds is 4. The lowest BCUT2D eigenvalue weighted by molar-refractivity contribution is 0.203. The predicted molar refractivity (Wildman–Crippen MR) is 97.9 cm³/mol. The number of nitrogens with one attached hydrogen (secondary N) is 1. The van der Waals surface area contributed by atoms with Gasteiger partial charge in [-0.05, 0) is 54.9 Å². The van der Waals surface area contributed by atoms with Gasteiger partial charge in [0, 0.05) is 13.6 Å². The molecule has 24 heavy (non-hydrogen) atoms. The average Bonchev–Trinajstić information content (AvgIpc) is 2.62. The van der Waals surface area contributed by atoms with Crippen LogP contribution in [0.1, 0.15) is 48.1 Å². The summed E-state index contributed by atoms with van der Waals surface area (Å²) < 4.78 is 0. The number of urea groups is 1. The van der Waals surface area contributed by atoms with Crippen molar-refractivity contribution in [1.82, 2.24) is 10.2 Å². The number of hydrogen-bond donors (Lipinski definition) is 1. The standard InChI is InChI=1S/C21H26N2O/c1-16(19-13-12-18-10-6-7-11-20(18)14-19)22-21(24)23(2)15-17-8-4-3-5-9-17/h3-5,8-9,12-14,16H,6-7,10-11,15H2,1-2H3,(H,22,24)/t16-/m0/s1. The van der Waals surface area contributed by atoms with Crippen molar-refractivity contribution in [3.8, 4) is 0 Å². The third-order valence-electron chi connectivity index (χ3n) is 4.82. The van der Waals surface area contributed by atoms with Crippen molar-refractivity contribution in [2.45, 2.75) is 45.2 Å². The molecule has 3 nitrogen and oxygen atoms in total. The molecule has 126 valence electrons. The Morgan fingerprint density at radius 3 is 2.54 bits per heavy atom. The number of hydrogen-bond acceptors (Lipinski definition) is 1. The summed E-state index contributed by atoms with van der Waals surface area (Å²) in [6, 6.07) is 16.7. The van der Waals surface area contributed by atoms with Gasteiger partial charge in [-0.2, -0.15) is 0 Å². The van der Waals surface area contributed by atoms with Gasteiger partial charge in [0.1, 0.15) is 0 Å². The molecule has 3 rings (SSSR count). The molecular weight excluding hydrogens is 296 g/mol. The SMILES string of the molecule is C[C@H](NC(=O)N(C)Cc1ccccc1)c1ccc2c(c1)CCCC2. The number of fused-ring (bicyclic) bond motifs is 1. The fraction of sp³-hybridized carbons (Fsp3) is 0.381. The van der Waals surface area contributed by atoms with Gasteiger partial charge < -0.3 is 10.2 Å². The van der Waals surface area contributed by atoms with E-state index in [2.05, 4.69) is 30.4 Å². The van der Waals surface area contributed by atoms with Crippen molar-refractivity contribution in [3.05, 3.63) is 70.8 Å². The highest BCUT2D eigenvalue weighted by atomic mass is 16.2. The zero-order chi connectivity index (χ0) is 16.9. The number of amides is 2. The molecule has 0 bridgehead atoms. The summed E-state index contributed by atoms with van der Waals surface area (Å²) >= 11 is 0. The number of benzene rings is 2. The van der Waals surface area contributed by atoms with Crippen LogP contribution in [0.15, 0.2) is 48.5 Å². The van der Waals surface area contributed by atoms with Crippen molar-refractivity contribution in [2.75, 3.05) is 7.05 Å². The zero-order valence-electron chi connectivity index (χ0n) is 14.6. The van der Waals surface area contributed by atoms with Crippen molar-refractivity contribution in [3.63, 3.8) is 0 Å². The Labute approximate surface area is 144 Å². The first kappa shape index (κ1) is 16.6. The van der Waals surface area contributed by atoms with Crippen LogP contribution in [-0.4, -0.2) is 18.0 Å². The first-order chi connectivity index (χ1) is 11.6. The van der Waals surface area contributed by atoms with Crippen LogP contribution in [-0.2, 0) is 19.4 Å². The molecule has 0 saturated carbocycles. The molecule has 0 aromatic heterocycles. The van der Waals surface area contributed by atoms with Crippen molar-refractivity contribution in [1.29, 1.82) is 0 Å². The molecule has 1 N–H and O–H groups in total. The molecule has 1 atom stereocenters. The number of nitrogens with zero attached hydrogens (tertiary/aromatic N) is 1. The number of carbonyl (C=O) groups excluding carboxylic acids is 1. The molecule has 3 heteroatoms. The van der Waals surface area contributed by atoms with Gasteiger partial charge in [-0.25, -0.2) is 4.79 Å². The molecule has 0 saturated heterocycles. The van der Waals surface area contributed by atoms with Crippen LogP contribution in [0, 0.1) is 0 Å². The maximum absolute atomic E-state index is 12.4. The van der Waals surface area contributed by atoms with E-state index in [1.807, 2.05) is 37.4 Å². The summed E-state index contributed by atoms with van der Waals surface area (Å²) in [6.07, 6.45) is 4.92. The Balaban J connectivity index is 1.61. The second-order valence-electron chi connectivity index (χ2n) is 6.75. The monoisotopic (exact) mass is 322 g/mol. The quantitative estimate of drug-likeness (QED) is 0.885. The molecule has 0 spiro atoms. The summed E-state index contributed by atoms with van der Waals surface area (Å²) in [5.41, 5.74) is 5.26. The molecule has 0 radical (unpaired) electrons. The van der Waals surface area contributed by atoms with Gasteiger partial charge in [-0.1, -0.05) is 48.5 Å². The fourth-order valence-electron chi connectivity index (χ4n) is 3.33. The largest absolute Gasteiger partial charge is 0.331 e. The van der Waals surface area contributed by atoms with Gasteiger partial charge in [0.2, 0.25) is 0 Å². The van der Waals surface area contributed by atoms with Gasteiger partial charge >= 0.3 is 6.03 Å². The van der Waals surface area contributed by atoms with Crippen LogP contribution < -0.4 is 5.32 Å². The molecule has 2 aromatic rings. The molecule has 2 amide bonds. The van der Waals surface area contributed by atoms with E-state index in [9.17, 15) is 4.79 Å². The van der Waals surface area contributed by atoms with Gasteiger partial charge in [0.15, 0.2) is 0 Å². The number of aryl methyl sites for hydroxylation is 2. The van der Waals surface area contributed by atoms with Crippen molar-refractivity contribution in [2.24, 2.45) is 0 Å².